The summed E-state index contributed by atoms with van der Waals surface area (Å²) in [6.07, 6.45) is 3.98. The lowest BCUT2D eigenvalue weighted by molar-refractivity contribution is -0.191. The van der Waals surface area contributed by atoms with E-state index in [-0.39, 0.29) is 18.1 Å². The van der Waals surface area contributed by atoms with Gasteiger partial charge in [-0.2, -0.15) is 0 Å². The average Bonchev–Trinajstić information content (AvgIpc) is 2.94. The van der Waals surface area contributed by atoms with Gasteiger partial charge in [0.2, 0.25) is 0 Å². The van der Waals surface area contributed by atoms with Crippen molar-refractivity contribution in [2.75, 3.05) is 13.7 Å². The number of hydrogen-bond acceptors (Lipinski definition) is 4. The fraction of sp³-hybridized carbons (Fsp3) is 0.600. The first-order valence-electron chi connectivity index (χ1n) is 8.63. The molecule has 1 fully saturated rings. The van der Waals surface area contributed by atoms with E-state index in [0.717, 1.165) is 24.2 Å². The molecule has 0 heterocycles. The molecule has 3 atom stereocenters. The number of benzene rings is 1. The van der Waals surface area contributed by atoms with Gasteiger partial charge in [0.05, 0.1) is 32.5 Å². The van der Waals surface area contributed by atoms with E-state index in [2.05, 4.69) is 19.9 Å². The first kappa shape index (κ1) is 17.5. The Morgan fingerprint density at radius 3 is 2.42 bits per heavy atom. The van der Waals surface area contributed by atoms with Gasteiger partial charge in [-0.15, -0.1) is 0 Å². The van der Waals surface area contributed by atoms with Gasteiger partial charge < -0.3 is 19.7 Å². The Labute approximate surface area is 144 Å². The monoisotopic (exact) mass is 332 g/mol. The molecule has 132 valence electrons. The predicted molar refractivity (Wildman–Crippen MR) is 92.8 cm³/mol. The summed E-state index contributed by atoms with van der Waals surface area (Å²) in [4.78, 5) is 0. The van der Waals surface area contributed by atoms with Gasteiger partial charge in [-0.25, -0.2) is 0 Å². The van der Waals surface area contributed by atoms with Crippen LogP contribution in [0.3, 0.4) is 0 Å². The highest BCUT2D eigenvalue weighted by molar-refractivity contribution is 5.30. The van der Waals surface area contributed by atoms with Crippen molar-refractivity contribution >= 4 is 0 Å². The predicted octanol–water partition coefficient (Wildman–Crippen LogP) is 3.07. The normalized spacial score (nSPS) is 31.5. The molecule has 2 aliphatic rings. The van der Waals surface area contributed by atoms with E-state index in [0.29, 0.717) is 13.0 Å². The highest BCUT2D eigenvalue weighted by Crippen LogP contribution is 2.54. The number of ether oxygens (including phenoxy) is 2. The molecule has 0 spiro atoms. The number of hydrogen-bond donors (Lipinski definition) is 2. The Bertz CT molecular complexity index is 605. The van der Waals surface area contributed by atoms with Crippen LogP contribution in [-0.4, -0.2) is 36.1 Å². The number of aliphatic hydroxyl groups is 2. The van der Waals surface area contributed by atoms with E-state index in [4.69, 9.17) is 9.47 Å². The Balaban J connectivity index is 1.58. The molecule has 1 aromatic rings. The third kappa shape index (κ3) is 3.10. The molecule has 0 bridgehead atoms. The number of rotatable bonds is 6. The molecule has 4 heteroatoms. The lowest BCUT2D eigenvalue weighted by Crippen LogP contribution is -2.60. The number of methoxy groups -OCH3 is 1. The van der Waals surface area contributed by atoms with E-state index < -0.39 is 11.5 Å². The van der Waals surface area contributed by atoms with Crippen molar-refractivity contribution in [3.63, 3.8) is 0 Å². The highest BCUT2D eigenvalue weighted by Gasteiger charge is 2.57. The highest BCUT2D eigenvalue weighted by atomic mass is 16.5. The van der Waals surface area contributed by atoms with Gasteiger partial charge in [0, 0.05) is 5.41 Å². The molecule has 24 heavy (non-hydrogen) atoms. The summed E-state index contributed by atoms with van der Waals surface area (Å²) in [6, 6.07) is 7.73. The summed E-state index contributed by atoms with van der Waals surface area (Å²) < 4.78 is 11.0. The molecule has 2 aliphatic carbocycles. The zero-order valence-electron chi connectivity index (χ0n) is 14.8. The maximum atomic E-state index is 10.7. The second-order valence-electron chi connectivity index (χ2n) is 7.94. The molecule has 3 rings (SSSR count). The van der Waals surface area contributed by atoms with Gasteiger partial charge in [0.25, 0.3) is 0 Å². The van der Waals surface area contributed by atoms with Gasteiger partial charge in [-0.1, -0.05) is 37.6 Å². The molecule has 0 aromatic heterocycles. The van der Waals surface area contributed by atoms with Crippen molar-refractivity contribution in [1.82, 2.24) is 0 Å². The molecule has 0 amide bonds. The SMILES string of the molecule is COc1ccc(CO[C@H]2C[C@@](CO)(C3=CCC(C)(C)C3)[C@H]2O)cc1. The van der Waals surface area contributed by atoms with Gasteiger partial charge >= 0.3 is 0 Å². The minimum atomic E-state index is -0.638. The van der Waals surface area contributed by atoms with E-state index in [1.807, 2.05) is 24.3 Å². The summed E-state index contributed by atoms with van der Waals surface area (Å²) in [6.45, 7) is 4.89. The lowest BCUT2D eigenvalue weighted by atomic mass is 9.59. The fourth-order valence-electron chi connectivity index (χ4n) is 3.88. The summed E-state index contributed by atoms with van der Waals surface area (Å²) in [7, 11) is 1.64. The van der Waals surface area contributed by atoms with Crippen molar-refractivity contribution < 1.29 is 19.7 Å². The van der Waals surface area contributed by atoms with Crippen molar-refractivity contribution in [2.45, 2.75) is 51.9 Å². The minimum Gasteiger partial charge on any atom is -0.497 e. The van der Waals surface area contributed by atoms with Gasteiger partial charge in [-0.3, -0.25) is 0 Å². The molecule has 1 saturated carbocycles. The molecule has 0 unspecified atom stereocenters. The van der Waals surface area contributed by atoms with Crippen LogP contribution in [0, 0.1) is 10.8 Å². The first-order chi connectivity index (χ1) is 11.4. The molecule has 0 radical (unpaired) electrons. The lowest BCUT2D eigenvalue weighted by Gasteiger charge is -2.52. The van der Waals surface area contributed by atoms with E-state index >= 15 is 0 Å². The first-order valence-corrected chi connectivity index (χ1v) is 8.63. The van der Waals surface area contributed by atoms with Crippen molar-refractivity contribution in [1.29, 1.82) is 0 Å². The second kappa shape index (κ2) is 6.51. The summed E-state index contributed by atoms with van der Waals surface area (Å²) in [5.74, 6) is 0.817. The van der Waals surface area contributed by atoms with E-state index in [9.17, 15) is 10.2 Å². The molecule has 0 saturated heterocycles. The topological polar surface area (TPSA) is 58.9 Å². The van der Waals surface area contributed by atoms with E-state index in [1.54, 1.807) is 7.11 Å². The molecular weight excluding hydrogens is 304 g/mol. The number of aliphatic hydroxyl groups excluding tert-OH is 2. The zero-order chi connectivity index (χ0) is 17.4. The largest absolute Gasteiger partial charge is 0.497 e. The quantitative estimate of drug-likeness (QED) is 0.786. The summed E-state index contributed by atoms with van der Waals surface area (Å²) in [5.41, 5.74) is 1.97. The molecule has 0 aliphatic heterocycles. The van der Waals surface area contributed by atoms with Crippen LogP contribution in [0.4, 0.5) is 0 Å². The Morgan fingerprint density at radius 1 is 1.21 bits per heavy atom. The van der Waals surface area contributed by atoms with Crippen LogP contribution in [0.1, 0.15) is 38.7 Å². The van der Waals surface area contributed by atoms with Gasteiger partial charge in [0.15, 0.2) is 0 Å². The zero-order valence-corrected chi connectivity index (χ0v) is 14.8. The standard InChI is InChI=1S/C20H28O4/c1-19(2)9-8-15(10-19)20(13-21)11-17(18(20)22)24-12-14-4-6-16(23-3)7-5-14/h4-8,17-18,21-22H,9-13H2,1-3H3/t17-,18-,20+/m0/s1. The van der Waals surface area contributed by atoms with Crippen LogP contribution in [0.15, 0.2) is 35.9 Å². The Morgan fingerprint density at radius 2 is 1.92 bits per heavy atom. The Kier molecular flexibility index (Phi) is 4.73. The Hall–Kier alpha value is -1.36. The van der Waals surface area contributed by atoms with Crippen LogP contribution in [0.5, 0.6) is 5.75 Å². The van der Waals surface area contributed by atoms with Crippen molar-refractivity contribution in [2.24, 2.45) is 10.8 Å². The molecule has 4 nitrogen and oxygen atoms in total. The van der Waals surface area contributed by atoms with Gasteiger partial charge in [0.1, 0.15) is 5.75 Å². The van der Waals surface area contributed by atoms with Crippen LogP contribution in [0.2, 0.25) is 0 Å². The number of allylic oxidation sites excluding steroid dienone is 1. The van der Waals surface area contributed by atoms with Crippen molar-refractivity contribution in [3.05, 3.63) is 41.5 Å². The maximum Gasteiger partial charge on any atom is 0.118 e. The summed E-state index contributed by atoms with van der Waals surface area (Å²) in [5, 5.41) is 20.6. The van der Waals surface area contributed by atoms with Crippen LogP contribution >= 0.6 is 0 Å². The average molecular weight is 332 g/mol. The third-order valence-electron chi connectivity index (χ3n) is 5.60. The second-order valence-corrected chi connectivity index (χ2v) is 7.94. The van der Waals surface area contributed by atoms with Crippen LogP contribution < -0.4 is 4.74 Å². The molecule has 1 aromatic carbocycles. The van der Waals surface area contributed by atoms with E-state index in [1.165, 1.54) is 5.57 Å². The molecular formula is C20H28O4. The maximum absolute atomic E-state index is 10.7. The van der Waals surface area contributed by atoms with Gasteiger partial charge in [-0.05, 0) is 42.4 Å². The van der Waals surface area contributed by atoms with Crippen LogP contribution in [-0.2, 0) is 11.3 Å². The smallest absolute Gasteiger partial charge is 0.118 e. The molecule has 2 N–H and O–H groups in total. The fourth-order valence-corrected chi connectivity index (χ4v) is 3.88. The minimum absolute atomic E-state index is 0.0154. The van der Waals surface area contributed by atoms with Crippen molar-refractivity contribution in [3.8, 4) is 5.75 Å². The third-order valence-corrected chi connectivity index (χ3v) is 5.60. The summed E-state index contributed by atoms with van der Waals surface area (Å²) >= 11 is 0. The van der Waals surface area contributed by atoms with Crippen LogP contribution in [0.25, 0.3) is 0 Å².